The lowest BCUT2D eigenvalue weighted by Gasteiger charge is -2.03. The molecular weight excluding hydrogens is 339 g/mol. The number of hydrogen-bond donors (Lipinski definition) is 0. The lowest BCUT2D eigenvalue weighted by atomic mass is 10.3. The molecule has 3 rings (SSSR count). The average Bonchev–Trinajstić information content (AvgIpc) is 2.79. The summed E-state index contributed by atoms with van der Waals surface area (Å²) >= 11 is 2.27. The molecule has 18 heavy (non-hydrogen) atoms. The molecule has 3 aromatic rings. The van der Waals surface area contributed by atoms with Crippen molar-refractivity contribution in [3.63, 3.8) is 0 Å². The van der Waals surface area contributed by atoms with E-state index < -0.39 is 0 Å². The van der Waals surface area contributed by atoms with Gasteiger partial charge in [0.2, 0.25) is 0 Å². The van der Waals surface area contributed by atoms with Gasteiger partial charge in [-0.1, -0.05) is 12.1 Å². The molecule has 0 atom stereocenters. The lowest BCUT2D eigenvalue weighted by molar-refractivity contribution is 0.302. The first-order chi connectivity index (χ1) is 8.81. The molecule has 0 spiro atoms. The quantitative estimate of drug-likeness (QED) is 0.676. The van der Waals surface area contributed by atoms with Crippen LogP contribution in [0.3, 0.4) is 0 Å². The summed E-state index contributed by atoms with van der Waals surface area (Å²) in [5.41, 5.74) is 1.87. The first kappa shape index (κ1) is 11.5. The minimum absolute atomic E-state index is 0.488. The van der Waals surface area contributed by atoms with Gasteiger partial charge in [0.05, 0.1) is 5.69 Å². The van der Waals surface area contributed by atoms with Crippen molar-refractivity contribution >= 4 is 28.2 Å². The molecule has 1 aromatic carbocycles. The molecular formula is C14H11IN2O. The highest BCUT2D eigenvalue weighted by Crippen LogP contribution is 2.16. The zero-order valence-corrected chi connectivity index (χ0v) is 11.7. The second-order valence-electron chi connectivity index (χ2n) is 3.94. The maximum atomic E-state index is 5.72. The van der Waals surface area contributed by atoms with Crippen molar-refractivity contribution in [1.29, 1.82) is 0 Å². The second kappa shape index (κ2) is 4.97. The SMILES string of the molecule is Ic1cccc(OCc2cn3ccccc3n2)c1. The summed E-state index contributed by atoms with van der Waals surface area (Å²) in [6.45, 7) is 0.488. The third-order valence-corrected chi connectivity index (χ3v) is 3.27. The zero-order valence-electron chi connectivity index (χ0n) is 9.58. The van der Waals surface area contributed by atoms with E-state index in [1.54, 1.807) is 0 Å². The van der Waals surface area contributed by atoms with E-state index in [9.17, 15) is 0 Å². The molecule has 4 heteroatoms. The van der Waals surface area contributed by atoms with Crippen molar-refractivity contribution in [1.82, 2.24) is 9.38 Å². The van der Waals surface area contributed by atoms with E-state index in [4.69, 9.17) is 4.74 Å². The molecule has 0 aliphatic heterocycles. The Morgan fingerprint density at radius 2 is 2.11 bits per heavy atom. The lowest BCUT2D eigenvalue weighted by Crippen LogP contribution is -1.95. The molecule has 0 aliphatic rings. The number of ether oxygens (including phenoxy) is 1. The van der Waals surface area contributed by atoms with Gasteiger partial charge in [-0.2, -0.15) is 0 Å². The van der Waals surface area contributed by atoms with Crippen molar-refractivity contribution in [2.75, 3.05) is 0 Å². The monoisotopic (exact) mass is 350 g/mol. The number of imidazole rings is 1. The smallest absolute Gasteiger partial charge is 0.137 e. The number of nitrogens with zero attached hydrogens (tertiary/aromatic N) is 2. The van der Waals surface area contributed by atoms with Crippen LogP contribution in [0, 0.1) is 3.57 Å². The number of pyridine rings is 1. The van der Waals surface area contributed by atoms with Gasteiger partial charge in [0, 0.05) is 16.0 Å². The number of halogens is 1. The molecule has 0 unspecified atom stereocenters. The maximum Gasteiger partial charge on any atom is 0.137 e. The van der Waals surface area contributed by atoms with Crippen molar-refractivity contribution in [2.24, 2.45) is 0 Å². The Morgan fingerprint density at radius 3 is 2.94 bits per heavy atom. The van der Waals surface area contributed by atoms with Gasteiger partial charge in [0.15, 0.2) is 0 Å². The molecule has 0 saturated heterocycles. The van der Waals surface area contributed by atoms with Crippen LogP contribution in [0.1, 0.15) is 5.69 Å². The van der Waals surface area contributed by atoms with Crippen molar-refractivity contribution in [3.8, 4) is 5.75 Å². The average molecular weight is 350 g/mol. The molecule has 0 saturated carbocycles. The van der Waals surface area contributed by atoms with Crippen LogP contribution in [-0.2, 0) is 6.61 Å². The molecule has 0 aliphatic carbocycles. The third kappa shape index (κ3) is 2.48. The summed E-state index contributed by atoms with van der Waals surface area (Å²) in [5.74, 6) is 0.874. The standard InChI is InChI=1S/C14H11IN2O/c15-11-4-3-5-13(8-11)18-10-12-9-17-7-2-1-6-14(17)16-12/h1-9H,10H2. The Kier molecular flexibility index (Phi) is 3.19. The third-order valence-electron chi connectivity index (χ3n) is 2.60. The van der Waals surface area contributed by atoms with E-state index >= 15 is 0 Å². The van der Waals surface area contributed by atoms with Crippen LogP contribution in [0.25, 0.3) is 5.65 Å². The van der Waals surface area contributed by atoms with E-state index in [1.165, 1.54) is 3.57 Å². The Bertz CT molecular complexity index is 645. The molecule has 0 amide bonds. The molecule has 0 fully saturated rings. The fourth-order valence-electron chi connectivity index (χ4n) is 1.77. The largest absolute Gasteiger partial charge is 0.487 e. The second-order valence-corrected chi connectivity index (χ2v) is 5.19. The fraction of sp³-hybridized carbons (Fsp3) is 0.0714. The van der Waals surface area contributed by atoms with Crippen LogP contribution in [0.15, 0.2) is 54.9 Å². The summed E-state index contributed by atoms with van der Waals surface area (Å²) < 4.78 is 8.88. The van der Waals surface area contributed by atoms with Gasteiger partial charge < -0.3 is 9.14 Å². The minimum Gasteiger partial charge on any atom is -0.487 e. The zero-order chi connectivity index (χ0) is 12.4. The minimum atomic E-state index is 0.488. The maximum absolute atomic E-state index is 5.72. The number of benzene rings is 1. The Labute approximate surface area is 119 Å². The van der Waals surface area contributed by atoms with E-state index in [2.05, 4.69) is 27.6 Å². The highest BCUT2D eigenvalue weighted by atomic mass is 127. The first-order valence-electron chi connectivity index (χ1n) is 5.62. The Morgan fingerprint density at radius 1 is 1.17 bits per heavy atom. The summed E-state index contributed by atoms with van der Waals surface area (Å²) in [4.78, 5) is 4.49. The van der Waals surface area contributed by atoms with E-state index in [0.717, 1.165) is 17.1 Å². The first-order valence-corrected chi connectivity index (χ1v) is 6.70. The number of hydrogen-bond acceptors (Lipinski definition) is 2. The fourth-order valence-corrected chi connectivity index (χ4v) is 2.29. The van der Waals surface area contributed by atoms with Crippen LogP contribution in [-0.4, -0.2) is 9.38 Å². The van der Waals surface area contributed by atoms with Gasteiger partial charge in [-0.25, -0.2) is 4.98 Å². The molecule has 90 valence electrons. The van der Waals surface area contributed by atoms with E-state index in [-0.39, 0.29) is 0 Å². The van der Waals surface area contributed by atoms with Crippen LogP contribution < -0.4 is 4.74 Å². The van der Waals surface area contributed by atoms with Crippen molar-refractivity contribution < 1.29 is 4.74 Å². The number of fused-ring (bicyclic) bond motifs is 1. The Hall–Kier alpha value is -1.56. The highest BCUT2D eigenvalue weighted by molar-refractivity contribution is 14.1. The van der Waals surface area contributed by atoms with Gasteiger partial charge in [-0.05, 0) is 52.9 Å². The normalized spacial score (nSPS) is 10.7. The highest BCUT2D eigenvalue weighted by Gasteiger charge is 2.02. The van der Waals surface area contributed by atoms with Gasteiger partial charge in [-0.15, -0.1) is 0 Å². The molecule has 2 aromatic heterocycles. The van der Waals surface area contributed by atoms with Crippen molar-refractivity contribution in [3.05, 3.63) is 64.1 Å². The molecule has 0 radical (unpaired) electrons. The summed E-state index contributed by atoms with van der Waals surface area (Å²) in [6, 6.07) is 13.9. The van der Waals surface area contributed by atoms with Gasteiger partial charge in [0.1, 0.15) is 18.0 Å². The summed E-state index contributed by atoms with van der Waals surface area (Å²) in [7, 11) is 0. The number of aromatic nitrogens is 2. The predicted octanol–water partition coefficient (Wildman–Crippen LogP) is 3.52. The Balaban J connectivity index is 1.76. The van der Waals surface area contributed by atoms with E-state index in [0.29, 0.717) is 6.61 Å². The molecule has 0 bridgehead atoms. The van der Waals surface area contributed by atoms with Gasteiger partial charge in [0.25, 0.3) is 0 Å². The van der Waals surface area contributed by atoms with E-state index in [1.807, 2.05) is 59.3 Å². The molecule has 2 heterocycles. The summed E-state index contributed by atoms with van der Waals surface area (Å²) in [5, 5.41) is 0. The molecule has 0 N–H and O–H groups in total. The van der Waals surface area contributed by atoms with Crippen LogP contribution in [0.4, 0.5) is 0 Å². The van der Waals surface area contributed by atoms with Gasteiger partial charge >= 0.3 is 0 Å². The predicted molar refractivity (Wildman–Crippen MR) is 78.7 cm³/mol. The molecule has 3 nitrogen and oxygen atoms in total. The number of rotatable bonds is 3. The van der Waals surface area contributed by atoms with Crippen LogP contribution >= 0.6 is 22.6 Å². The van der Waals surface area contributed by atoms with Gasteiger partial charge in [-0.3, -0.25) is 0 Å². The topological polar surface area (TPSA) is 26.5 Å². The van der Waals surface area contributed by atoms with Crippen LogP contribution in [0.2, 0.25) is 0 Å². The van der Waals surface area contributed by atoms with Crippen molar-refractivity contribution in [2.45, 2.75) is 6.61 Å². The summed E-state index contributed by atoms with van der Waals surface area (Å²) in [6.07, 6.45) is 3.97. The van der Waals surface area contributed by atoms with Crippen LogP contribution in [0.5, 0.6) is 5.75 Å².